The summed E-state index contributed by atoms with van der Waals surface area (Å²) in [6.07, 6.45) is 9.62. The second kappa shape index (κ2) is 9.72. The van der Waals surface area contributed by atoms with E-state index in [1.807, 2.05) is 42.6 Å². The maximum Gasteiger partial charge on any atom is 0.128 e. The molecule has 3 heteroatoms. The van der Waals surface area contributed by atoms with Gasteiger partial charge in [-0.05, 0) is 97.1 Å². The van der Waals surface area contributed by atoms with Crippen LogP contribution in [-0.2, 0) is 5.41 Å². The summed E-state index contributed by atoms with van der Waals surface area (Å²) in [5.74, 6) is 3.65. The van der Waals surface area contributed by atoms with Gasteiger partial charge in [0.15, 0.2) is 0 Å². The molecule has 0 heterocycles. The first-order valence-electron chi connectivity index (χ1n) is 14.3. The van der Waals surface area contributed by atoms with Gasteiger partial charge in [-0.25, -0.2) is 0 Å². The molecule has 0 aliphatic heterocycles. The molecule has 0 amide bonds. The summed E-state index contributed by atoms with van der Waals surface area (Å²) < 4.78 is 5.64. The number of para-hydroxylation sites is 2. The summed E-state index contributed by atoms with van der Waals surface area (Å²) in [6.45, 7) is 0. The average Bonchev–Trinajstić information content (AvgIpc) is 2.96. The molecule has 0 aromatic heterocycles. The fraction of sp³-hybridized carbons (Fsp3) is 0.306. The highest BCUT2D eigenvalue weighted by Gasteiger charge is 2.52. The number of methoxy groups -OCH3 is 1. The summed E-state index contributed by atoms with van der Waals surface area (Å²) >= 11 is 0. The Kier molecular flexibility index (Phi) is 6.03. The van der Waals surface area contributed by atoms with Crippen molar-refractivity contribution in [1.29, 1.82) is 0 Å². The summed E-state index contributed by atoms with van der Waals surface area (Å²) in [5.41, 5.74) is 7.20. The molecule has 4 fully saturated rings. The summed E-state index contributed by atoms with van der Waals surface area (Å²) in [7, 11) is 1.70. The minimum absolute atomic E-state index is 0.0848. The van der Waals surface area contributed by atoms with Crippen LogP contribution >= 0.6 is 0 Å². The molecule has 4 aliphatic rings. The van der Waals surface area contributed by atoms with Gasteiger partial charge in [0.25, 0.3) is 0 Å². The molecule has 0 spiro atoms. The molecule has 0 atom stereocenters. The van der Waals surface area contributed by atoms with E-state index in [1.54, 1.807) is 7.11 Å². The molecule has 4 aliphatic carbocycles. The van der Waals surface area contributed by atoms with Gasteiger partial charge in [0, 0.05) is 28.5 Å². The van der Waals surface area contributed by atoms with Crippen molar-refractivity contribution in [3.63, 3.8) is 0 Å². The predicted octanol–water partition coefficient (Wildman–Crippen LogP) is 8.95. The largest absolute Gasteiger partial charge is 0.507 e. The number of benzene rings is 4. The third-order valence-corrected chi connectivity index (χ3v) is 9.50. The van der Waals surface area contributed by atoms with Crippen molar-refractivity contribution < 1.29 is 9.84 Å². The second-order valence-corrected chi connectivity index (χ2v) is 12.0. The fourth-order valence-electron chi connectivity index (χ4n) is 8.22. The van der Waals surface area contributed by atoms with Gasteiger partial charge >= 0.3 is 0 Å². The Labute approximate surface area is 231 Å². The Hall–Kier alpha value is -3.85. The zero-order valence-electron chi connectivity index (χ0n) is 22.5. The molecule has 0 saturated heterocycles. The first-order chi connectivity index (χ1) is 19.1. The molecule has 8 rings (SSSR count). The van der Waals surface area contributed by atoms with Crippen LogP contribution in [0, 0.1) is 17.8 Å². The van der Waals surface area contributed by atoms with Crippen LogP contribution in [-0.4, -0.2) is 18.4 Å². The lowest BCUT2D eigenvalue weighted by atomic mass is 9.48. The van der Waals surface area contributed by atoms with Gasteiger partial charge < -0.3 is 9.84 Å². The SMILES string of the molecule is COc1ccccc1-c1ccccc1N=Cc1cc(-c2ccccc2)cc(C23CC4CC(CC(C4)C2)C3)c1O. The summed E-state index contributed by atoms with van der Waals surface area (Å²) in [4.78, 5) is 4.97. The topological polar surface area (TPSA) is 41.8 Å². The Bertz CT molecular complexity index is 1500. The lowest BCUT2D eigenvalue weighted by Crippen LogP contribution is -2.48. The van der Waals surface area contributed by atoms with E-state index >= 15 is 0 Å². The highest BCUT2D eigenvalue weighted by molar-refractivity contribution is 5.91. The minimum Gasteiger partial charge on any atom is -0.507 e. The number of hydrogen-bond donors (Lipinski definition) is 1. The molecule has 4 aromatic carbocycles. The fourth-order valence-corrected chi connectivity index (χ4v) is 8.22. The lowest BCUT2D eigenvalue weighted by molar-refractivity contribution is -0.00611. The van der Waals surface area contributed by atoms with Crippen molar-refractivity contribution >= 4 is 11.9 Å². The number of aromatic hydroxyl groups is 1. The minimum atomic E-state index is 0.0848. The first-order valence-corrected chi connectivity index (χ1v) is 14.3. The van der Waals surface area contributed by atoms with Crippen LogP contribution in [0.3, 0.4) is 0 Å². The van der Waals surface area contributed by atoms with Gasteiger partial charge in [-0.15, -0.1) is 0 Å². The number of phenols is 1. The molecule has 4 bridgehead atoms. The maximum absolute atomic E-state index is 11.9. The number of hydrogen-bond acceptors (Lipinski definition) is 3. The highest BCUT2D eigenvalue weighted by Crippen LogP contribution is 2.62. The van der Waals surface area contributed by atoms with Crippen LogP contribution < -0.4 is 4.74 Å². The van der Waals surface area contributed by atoms with Gasteiger partial charge in [0.2, 0.25) is 0 Å². The van der Waals surface area contributed by atoms with E-state index in [0.717, 1.165) is 57.0 Å². The van der Waals surface area contributed by atoms with Gasteiger partial charge in [-0.3, -0.25) is 4.99 Å². The molecular weight excluding hydrogens is 478 g/mol. The van der Waals surface area contributed by atoms with Gasteiger partial charge in [0.05, 0.1) is 12.8 Å². The predicted molar refractivity (Wildman–Crippen MR) is 159 cm³/mol. The average molecular weight is 514 g/mol. The monoisotopic (exact) mass is 513 g/mol. The molecule has 0 unspecified atom stereocenters. The molecule has 4 saturated carbocycles. The summed E-state index contributed by atoms with van der Waals surface area (Å²) in [5, 5.41) is 11.9. The van der Waals surface area contributed by atoms with E-state index in [1.165, 1.54) is 44.1 Å². The van der Waals surface area contributed by atoms with Gasteiger partial charge in [-0.1, -0.05) is 66.7 Å². The molecule has 4 aromatic rings. The molecule has 3 nitrogen and oxygen atoms in total. The molecule has 196 valence electrons. The van der Waals surface area contributed by atoms with Crippen molar-refractivity contribution in [2.75, 3.05) is 7.11 Å². The van der Waals surface area contributed by atoms with Crippen molar-refractivity contribution in [3.8, 4) is 33.8 Å². The first kappa shape index (κ1) is 24.2. The molecular formula is C36H35NO2. The zero-order chi connectivity index (χ0) is 26.4. The molecule has 1 N–H and O–H groups in total. The van der Waals surface area contributed by atoms with Gasteiger partial charge in [0.1, 0.15) is 11.5 Å². The number of nitrogens with zero attached hydrogens (tertiary/aromatic N) is 1. The number of phenolic OH excluding ortho intramolecular Hbond substituents is 1. The lowest BCUT2D eigenvalue weighted by Gasteiger charge is -2.57. The quantitative estimate of drug-likeness (QED) is 0.261. The standard InChI is InChI=1S/C36H35NO2/c1-39-34-14-8-6-12-31(34)30-11-5-7-13-33(30)37-23-29-18-28(27-9-3-2-4-10-27)19-32(35(29)38)36-20-24-15-25(21-36)17-26(16-24)22-36/h2-14,18-19,23-26,38H,15-17,20-22H2,1H3. The van der Waals surface area contributed by atoms with E-state index in [-0.39, 0.29) is 5.41 Å². The van der Waals surface area contributed by atoms with E-state index in [0.29, 0.717) is 5.75 Å². The van der Waals surface area contributed by atoms with Crippen molar-refractivity contribution in [2.24, 2.45) is 22.7 Å². The van der Waals surface area contributed by atoms with Crippen LogP contribution in [0.2, 0.25) is 0 Å². The van der Waals surface area contributed by atoms with E-state index < -0.39 is 0 Å². The second-order valence-electron chi connectivity index (χ2n) is 12.0. The van der Waals surface area contributed by atoms with Crippen LogP contribution in [0.15, 0.2) is 96.0 Å². The number of ether oxygens (including phenoxy) is 1. The number of rotatable bonds is 6. The Balaban J connectivity index is 1.34. The summed E-state index contributed by atoms with van der Waals surface area (Å²) in [6, 6.07) is 31.1. The van der Waals surface area contributed by atoms with Crippen LogP contribution in [0.4, 0.5) is 5.69 Å². The van der Waals surface area contributed by atoms with Gasteiger partial charge in [-0.2, -0.15) is 0 Å². The molecule has 39 heavy (non-hydrogen) atoms. The van der Waals surface area contributed by atoms with Crippen LogP contribution in [0.25, 0.3) is 22.3 Å². The normalized spacial score (nSPS) is 25.3. The van der Waals surface area contributed by atoms with E-state index in [4.69, 9.17) is 9.73 Å². The van der Waals surface area contributed by atoms with Crippen molar-refractivity contribution in [3.05, 3.63) is 102 Å². The Morgan fingerprint density at radius 3 is 2.05 bits per heavy atom. The Morgan fingerprint density at radius 1 is 0.744 bits per heavy atom. The number of aliphatic imine (C=N–C) groups is 1. The van der Waals surface area contributed by atoms with Crippen molar-refractivity contribution in [2.45, 2.75) is 43.9 Å². The van der Waals surface area contributed by atoms with Crippen LogP contribution in [0.1, 0.15) is 49.7 Å². The maximum atomic E-state index is 11.9. The third-order valence-electron chi connectivity index (χ3n) is 9.50. The van der Waals surface area contributed by atoms with Crippen molar-refractivity contribution in [1.82, 2.24) is 0 Å². The van der Waals surface area contributed by atoms with E-state index in [9.17, 15) is 5.11 Å². The zero-order valence-corrected chi connectivity index (χ0v) is 22.5. The molecule has 0 radical (unpaired) electrons. The highest BCUT2D eigenvalue weighted by atomic mass is 16.5. The van der Waals surface area contributed by atoms with Crippen LogP contribution in [0.5, 0.6) is 11.5 Å². The smallest absolute Gasteiger partial charge is 0.128 e. The Morgan fingerprint density at radius 2 is 1.36 bits per heavy atom. The van der Waals surface area contributed by atoms with E-state index in [2.05, 4.69) is 54.6 Å². The third kappa shape index (κ3) is 4.34.